The third-order valence-corrected chi connectivity index (χ3v) is 4.74. The summed E-state index contributed by atoms with van der Waals surface area (Å²) < 4.78 is 0. The van der Waals surface area contributed by atoms with Gasteiger partial charge in [0.1, 0.15) is 0 Å². The summed E-state index contributed by atoms with van der Waals surface area (Å²) in [4.78, 5) is 0. The summed E-state index contributed by atoms with van der Waals surface area (Å²) in [5.41, 5.74) is 6.83. The van der Waals surface area contributed by atoms with Crippen molar-refractivity contribution in [3.63, 3.8) is 0 Å². The lowest BCUT2D eigenvalue weighted by Crippen LogP contribution is -2.23. The molecule has 0 amide bonds. The number of hydrogen-bond acceptors (Lipinski definition) is 0. The van der Waals surface area contributed by atoms with E-state index in [1.165, 1.54) is 44.1 Å². The number of hydrogen-bond donors (Lipinski definition) is 0. The van der Waals surface area contributed by atoms with Crippen LogP contribution in [0, 0.1) is 17.8 Å². The maximum absolute atomic E-state index is 3.79. The molecule has 0 heterocycles. The van der Waals surface area contributed by atoms with E-state index in [0.717, 1.165) is 24.2 Å². The molecule has 0 aromatic carbocycles. The molecule has 0 heteroatoms. The molecule has 0 saturated heterocycles. The molecule has 0 aromatic rings. The van der Waals surface area contributed by atoms with Gasteiger partial charge in [0.05, 0.1) is 0 Å². The van der Waals surface area contributed by atoms with E-state index < -0.39 is 0 Å². The molecule has 0 fully saturated rings. The fourth-order valence-corrected chi connectivity index (χ4v) is 3.47. The SMILES string of the molecule is CCCC(=C=C(C)CC)C(C(C)CCC)C(CC)CC. The number of allylic oxidation sites excluding steroid dienone is 1. The Balaban J connectivity index is 5.58. The highest BCUT2D eigenvalue weighted by atomic mass is 14.3. The van der Waals surface area contributed by atoms with Crippen LogP contribution in [0.3, 0.4) is 0 Å². The van der Waals surface area contributed by atoms with E-state index in [0.29, 0.717) is 0 Å². The quantitative estimate of drug-likeness (QED) is 0.372. The molecular formula is C20H38. The van der Waals surface area contributed by atoms with E-state index in [1.807, 2.05) is 0 Å². The number of rotatable bonds is 10. The van der Waals surface area contributed by atoms with Gasteiger partial charge in [-0.2, -0.15) is 0 Å². The molecule has 0 spiro atoms. The maximum atomic E-state index is 3.79. The molecule has 0 bridgehead atoms. The van der Waals surface area contributed by atoms with Crippen molar-refractivity contribution in [1.29, 1.82) is 0 Å². The van der Waals surface area contributed by atoms with Crippen molar-refractivity contribution in [2.75, 3.05) is 0 Å². The highest BCUT2D eigenvalue weighted by molar-refractivity contribution is 5.13. The minimum atomic E-state index is 0.742. The Kier molecular flexibility index (Phi) is 10.9. The largest absolute Gasteiger partial charge is 0.123 e. The summed E-state index contributed by atoms with van der Waals surface area (Å²) >= 11 is 0. The van der Waals surface area contributed by atoms with Crippen molar-refractivity contribution in [3.8, 4) is 0 Å². The van der Waals surface area contributed by atoms with Gasteiger partial charge in [-0.15, -0.1) is 5.73 Å². The summed E-state index contributed by atoms with van der Waals surface area (Å²) in [6.07, 6.45) is 8.85. The van der Waals surface area contributed by atoms with E-state index in [2.05, 4.69) is 54.2 Å². The first-order valence-electron chi connectivity index (χ1n) is 9.00. The molecule has 0 aliphatic heterocycles. The van der Waals surface area contributed by atoms with Crippen LogP contribution in [0.1, 0.15) is 93.4 Å². The molecule has 20 heavy (non-hydrogen) atoms. The summed E-state index contributed by atoms with van der Waals surface area (Å²) in [5.74, 6) is 2.37. The molecule has 0 aliphatic carbocycles. The van der Waals surface area contributed by atoms with Gasteiger partial charge in [0, 0.05) is 0 Å². The molecule has 0 rings (SSSR count). The minimum absolute atomic E-state index is 0.742. The van der Waals surface area contributed by atoms with E-state index in [4.69, 9.17) is 0 Å². The Morgan fingerprint density at radius 2 is 1.55 bits per heavy atom. The van der Waals surface area contributed by atoms with Gasteiger partial charge in [0.25, 0.3) is 0 Å². The summed E-state index contributed by atoms with van der Waals surface area (Å²) in [6, 6.07) is 0. The van der Waals surface area contributed by atoms with Gasteiger partial charge in [0.15, 0.2) is 0 Å². The van der Waals surface area contributed by atoms with Gasteiger partial charge in [-0.1, -0.05) is 73.6 Å². The summed E-state index contributed by atoms with van der Waals surface area (Å²) in [5, 5.41) is 0. The van der Waals surface area contributed by atoms with Gasteiger partial charge in [-0.25, -0.2) is 0 Å². The predicted octanol–water partition coefficient (Wildman–Crippen LogP) is 7.16. The monoisotopic (exact) mass is 278 g/mol. The topological polar surface area (TPSA) is 0 Å². The first kappa shape index (κ1) is 19.5. The van der Waals surface area contributed by atoms with Crippen LogP contribution in [0.5, 0.6) is 0 Å². The van der Waals surface area contributed by atoms with Gasteiger partial charge >= 0.3 is 0 Å². The fraction of sp³-hybridized carbons (Fsp3) is 0.850. The Bertz CT molecular complexity index is 300. The molecular weight excluding hydrogens is 240 g/mol. The molecule has 0 N–H and O–H groups in total. The summed E-state index contributed by atoms with van der Waals surface area (Å²) in [7, 11) is 0. The van der Waals surface area contributed by atoms with Crippen LogP contribution in [-0.2, 0) is 0 Å². The fourth-order valence-electron chi connectivity index (χ4n) is 3.47. The highest BCUT2D eigenvalue weighted by Crippen LogP contribution is 2.37. The van der Waals surface area contributed by atoms with Gasteiger partial charge in [-0.3, -0.25) is 0 Å². The van der Waals surface area contributed by atoms with Crippen molar-refractivity contribution in [1.82, 2.24) is 0 Å². The Morgan fingerprint density at radius 1 is 0.950 bits per heavy atom. The average Bonchev–Trinajstić information content (AvgIpc) is 2.44. The van der Waals surface area contributed by atoms with Gasteiger partial charge in [-0.05, 0) is 48.7 Å². The second kappa shape index (κ2) is 11.2. The normalized spacial score (nSPS) is 14.0. The van der Waals surface area contributed by atoms with Crippen LogP contribution < -0.4 is 0 Å². The lowest BCUT2D eigenvalue weighted by Gasteiger charge is -2.32. The standard InChI is InChI=1S/C20H38/c1-8-13-17(7)20(18(11-4)12-5)19(14-9-2)15-16(6)10-3/h17-18,20H,8-14H2,1-7H3. The molecule has 2 atom stereocenters. The molecule has 118 valence electrons. The van der Waals surface area contributed by atoms with Crippen LogP contribution >= 0.6 is 0 Å². The first-order valence-corrected chi connectivity index (χ1v) is 9.00. The smallest absolute Gasteiger partial charge is 0.00733 e. The van der Waals surface area contributed by atoms with Crippen molar-refractivity contribution in [3.05, 3.63) is 16.9 Å². The van der Waals surface area contributed by atoms with Crippen LogP contribution in [0.15, 0.2) is 16.9 Å². The highest BCUT2D eigenvalue weighted by Gasteiger charge is 2.27. The predicted molar refractivity (Wildman–Crippen MR) is 93.0 cm³/mol. The third-order valence-electron chi connectivity index (χ3n) is 4.74. The van der Waals surface area contributed by atoms with E-state index in [1.54, 1.807) is 5.57 Å². The summed E-state index contributed by atoms with van der Waals surface area (Å²) in [6.45, 7) is 16.3. The lowest BCUT2D eigenvalue weighted by molar-refractivity contribution is 0.248. The van der Waals surface area contributed by atoms with Crippen molar-refractivity contribution in [2.24, 2.45) is 17.8 Å². The van der Waals surface area contributed by atoms with Gasteiger partial charge < -0.3 is 0 Å². The molecule has 0 saturated carbocycles. The molecule has 2 unspecified atom stereocenters. The Morgan fingerprint density at radius 3 is 1.95 bits per heavy atom. The van der Waals surface area contributed by atoms with E-state index in [-0.39, 0.29) is 0 Å². The van der Waals surface area contributed by atoms with E-state index >= 15 is 0 Å². The minimum Gasteiger partial charge on any atom is -0.123 e. The zero-order valence-electron chi connectivity index (χ0n) is 15.2. The molecule has 0 aromatic heterocycles. The van der Waals surface area contributed by atoms with Crippen LogP contribution in [0.2, 0.25) is 0 Å². The molecule has 0 nitrogen and oxygen atoms in total. The second-order valence-electron chi connectivity index (χ2n) is 6.40. The van der Waals surface area contributed by atoms with Crippen molar-refractivity contribution >= 4 is 0 Å². The third kappa shape index (κ3) is 6.31. The van der Waals surface area contributed by atoms with Gasteiger partial charge in [0.2, 0.25) is 0 Å². The Labute approximate surface area is 128 Å². The zero-order chi connectivity index (χ0) is 15.5. The van der Waals surface area contributed by atoms with Crippen molar-refractivity contribution < 1.29 is 0 Å². The van der Waals surface area contributed by atoms with Crippen molar-refractivity contribution in [2.45, 2.75) is 93.4 Å². The Hall–Kier alpha value is -0.480. The maximum Gasteiger partial charge on any atom is -0.00733 e. The zero-order valence-corrected chi connectivity index (χ0v) is 15.2. The van der Waals surface area contributed by atoms with E-state index in [9.17, 15) is 0 Å². The molecule has 0 radical (unpaired) electrons. The average molecular weight is 279 g/mol. The lowest BCUT2D eigenvalue weighted by atomic mass is 9.72. The molecule has 0 aliphatic rings. The van der Waals surface area contributed by atoms with Crippen LogP contribution in [0.4, 0.5) is 0 Å². The second-order valence-corrected chi connectivity index (χ2v) is 6.40. The first-order chi connectivity index (χ1) is 9.55. The van der Waals surface area contributed by atoms with Crippen LogP contribution in [0.25, 0.3) is 0 Å². The van der Waals surface area contributed by atoms with Crippen LogP contribution in [-0.4, -0.2) is 0 Å².